The third kappa shape index (κ3) is 9.11. The molecule has 0 rings (SSSR count). The van der Waals surface area contributed by atoms with Crippen LogP contribution in [0.3, 0.4) is 0 Å². The zero-order valence-corrected chi connectivity index (χ0v) is 14.7. The van der Waals surface area contributed by atoms with Gasteiger partial charge in [-0.15, -0.1) is 0 Å². The number of ketones is 1. The zero-order valence-electron chi connectivity index (χ0n) is 14.7. The lowest BCUT2D eigenvalue weighted by Crippen LogP contribution is -2.36. The second kappa shape index (κ2) is 7.24. The number of hydrogen-bond acceptors (Lipinski definition) is 2. The Morgan fingerprint density at radius 1 is 1.00 bits per heavy atom. The molecule has 1 unspecified atom stereocenters. The molecule has 0 fully saturated rings. The van der Waals surface area contributed by atoms with Crippen molar-refractivity contribution >= 4 is 11.7 Å². The third-order valence-corrected chi connectivity index (χ3v) is 3.38. The van der Waals surface area contributed by atoms with Crippen molar-refractivity contribution < 1.29 is 9.59 Å². The van der Waals surface area contributed by atoms with E-state index in [0.29, 0.717) is 6.42 Å². The topological polar surface area (TPSA) is 37.4 Å². The highest BCUT2D eigenvalue weighted by atomic mass is 16.2. The average Bonchev–Trinajstić information content (AvgIpc) is 2.22. The highest BCUT2D eigenvalue weighted by molar-refractivity contribution is 5.87. The van der Waals surface area contributed by atoms with Crippen molar-refractivity contribution in [2.24, 2.45) is 16.7 Å². The van der Waals surface area contributed by atoms with Gasteiger partial charge in [-0.1, -0.05) is 48.5 Å². The molecule has 3 heteroatoms. The maximum Gasteiger partial charge on any atom is 0.223 e. The summed E-state index contributed by atoms with van der Waals surface area (Å²) in [6.07, 6.45) is 2.40. The lowest BCUT2D eigenvalue weighted by Gasteiger charge is -2.25. The fraction of sp³-hybridized carbons (Fsp3) is 0.882. The summed E-state index contributed by atoms with van der Waals surface area (Å²) in [6.45, 7) is 14.9. The number of carbonyl (C=O) groups is 2. The first-order chi connectivity index (χ1) is 8.82. The number of carbonyl (C=O) groups excluding carboxylic acids is 2. The summed E-state index contributed by atoms with van der Waals surface area (Å²) in [5.41, 5.74) is 0.217. The molecule has 20 heavy (non-hydrogen) atoms. The molecule has 0 aromatic heterocycles. The molecular formula is C17H33NO2. The van der Waals surface area contributed by atoms with E-state index in [1.807, 2.05) is 27.7 Å². The second-order valence-electron chi connectivity index (χ2n) is 8.45. The molecular weight excluding hydrogens is 250 g/mol. The van der Waals surface area contributed by atoms with Gasteiger partial charge in [0.25, 0.3) is 0 Å². The van der Waals surface area contributed by atoms with Gasteiger partial charge in [-0.25, -0.2) is 0 Å². The summed E-state index contributed by atoms with van der Waals surface area (Å²) in [7, 11) is 1.72. The van der Waals surface area contributed by atoms with E-state index in [4.69, 9.17) is 0 Å². The Kier molecular flexibility index (Phi) is 6.92. The first-order valence-corrected chi connectivity index (χ1v) is 7.58. The lowest BCUT2D eigenvalue weighted by atomic mass is 9.86. The van der Waals surface area contributed by atoms with Crippen molar-refractivity contribution in [2.75, 3.05) is 13.6 Å². The molecule has 0 aliphatic heterocycles. The molecule has 1 amide bonds. The first-order valence-electron chi connectivity index (χ1n) is 7.58. The molecule has 0 spiro atoms. The van der Waals surface area contributed by atoms with E-state index in [0.717, 1.165) is 12.8 Å². The number of amides is 1. The Morgan fingerprint density at radius 3 is 1.90 bits per heavy atom. The summed E-state index contributed by atoms with van der Waals surface area (Å²) >= 11 is 0. The Labute approximate surface area is 125 Å². The number of likely N-dealkylation sites (N-methyl/N-ethyl adjacent to an activating group) is 1. The lowest BCUT2D eigenvalue weighted by molar-refractivity contribution is -0.136. The van der Waals surface area contributed by atoms with E-state index in [-0.39, 0.29) is 35.0 Å². The molecule has 3 nitrogen and oxygen atoms in total. The molecule has 118 valence electrons. The van der Waals surface area contributed by atoms with Gasteiger partial charge in [0, 0.05) is 19.4 Å². The van der Waals surface area contributed by atoms with Crippen LogP contribution in [-0.4, -0.2) is 30.2 Å². The highest BCUT2D eigenvalue weighted by Gasteiger charge is 2.23. The largest absolute Gasteiger partial charge is 0.338 e. The molecule has 0 N–H and O–H groups in total. The van der Waals surface area contributed by atoms with Crippen LogP contribution in [0, 0.1) is 16.7 Å². The normalized spacial score (nSPS) is 14.0. The molecule has 0 aliphatic carbocycles. The summed E-state index contributed by atoms with van der Waals surface area (Å²) in [5, 5.41) is 0. The van der Waals surface area contributed by atoms with Crippen molar-refractivity contribution in [3.8, 4) is 0 Å². The van der Waals surface area contributed by atoms with E-state index in [1.165, 1.54) is 0 Å². The van der Waals surface area contributed by atoms with E-state index < -0.39 is 0 Å². The molecule has 0 heterocycles. The zero-order chi connectivity index (χ0) is 16.1. The molecule has 0 aliphatic rings. The van der Waals surface area contributed by atoms with E-state index in [2.05, 4.69) is 20.8 Å². The fourth-order valence-corrected chi connectivity index (χ4v) is 1.88. The number of hydrogen-bond donors (Lipinski definition) is 0. The van der Waals surface area contributed by atoms with Crippen LogP contribution in [0.25, 0.3) is 0 Å². The van der Waals surface area contributed by atoms with Gasteiger partial charge in [0.2, 0.25) is 5.91 Å². The van der Waals surface area contributed by atoms with Gasteiger partial charge < -0.3 is 4.90 Å². The van der Waals surface area contributed by atoms with Crippen molar-refractivity contribution in [1.29, 1.82) is 0 Å². The quantitative estimate of drug-likeness (QED) is 0.741. The number of nitrogens with zero attached hydrogens (tertiary/aromatic N) is 1. The van der Waals surface area contributed by atoms with E-state index in [9.17, 15) is 9.59 Å². The number of rotatable bonds is 6. The maximum atomic E-state index is 12.1. The minimum absolute atomic E-state index is 0.0270. The van der Waals surface area contributed by atoms with E-state index >= 15 is 0 Å². The van der Waals surface area contributed by atoms with Gasteiger partial charge in [0.05, 0.1) is 6.54 Å². The SMILES string of the molecule is CC(CCC(C)(C)C)C(=O)CN(C)C(=O)CC(C)(C)C. The van der Waals surface area contributed by atoms with Crippen LogP contribution in [-0.2, 0) is 9.59 Å². The Balaban J connectivity index is 4.28. The Bertz CT molecular complexity index is 334. The first kappa shape index (κ1) is 19.1. The Morgan fingerprint density at radius 2 is 1.50 bits per heavy atom. The summed E-state index contributed by atoms with van der Waals surface area (Å²) in [6, 6.07) is 0. The number of Topliss-reactive ketones (excluding diaryl/α,β-unsaturated/α-hetero) is 1. The standard InChI is InChI=1S/C17H33NO2/c1-13(9-10-16(2,3)4)14(19)12-18(8)15(20)11-17(5,6)7/h13H,9-12H2,1-8H3. The van der Waals surface area contributed by atoms with Gasteiger partial charge in [0.15, 0.2) is 5.78 Å². The summed E-state index contributed by atoms with van der Waals surface area (Å²) in [4.78, 5) is 25.7. The summed E-state index contributed by atoms with van der Waals surface area (Å²) < 4.78 is 0. The van der Waals surface area contributed by atoms with Crippen LogP contribution < -0.4 is 0 Å². The molecule has 1 atom stereocenters. The predicted octanol–water partition coefficient (Wildman–Crippen LogP) is 3.91. The van der Waals surface area contributed by atoms with Gasteiger partial charge in [-0.05, 0) is 23.7 Å². The van der Waals surface area contributed by atoms with Crippen LogP contribution in [0.15, 0.2) is 0 Å². The molecule has 0 aromatic carbocycles. The fourth-order valence-electron chi connectivity index (χ4n) is 1.88. The van der Waals surface area contributed by atoms with Crippen molar-refractivity contribution in [3.63, 3.8) is 0 Å². The average molecular weight is 283 g/mol. The van der Waals surface area contributed by atoms with Crippen LogP contribution >= 0.6 is 0 Å². The minimum Gasteiger partial charge on any atom is -0.338 e. The van der Waals surface area contributed by atoms with Crippen LogP contribution in [0.2, 0.25) is 0 Å². The van der Waals surface area contributed by atoms with Crippen LogP contribution in [0.5, 0.6) is 0 Å². The van der Waals surface area contributed by atoms with Gasteiger partial charge in [0.1, 0.15) is 0 Å². The highest BCUT2D eigenvalue weighted by Crippen LogP contribution is 2.24. The Hall–Kier alpha value is -0.860. The van der Waals surface area contributed by atoms with Crippen molar-refractivity contribution in [1.82, 2.24) is 4.90 Å². The minimum atomic E-state index is -0.0355. The van der Waals surface area contributed by atoms with Crippen molar-refractivity contribution in [3.05, 3.63) is 0 Å². The van der Waals surface area contributed by atoms with Crippen molar-refractivity contribution in [2.45, 2.75) is 67.7 Å². The molecule has 0 saturated heterocycles. The van der Waals surface area contributed by atoms with Gasteiger partial charge >= 0.3 is 0 Å². The molecule has 0 bridgehead atoms. The third-order valence-electron chi connectivity index (χ3n) is 3.38. The van der Waals surface area contributed by atoms with E-state index in [1.54, 1.807) is 11.9 Å². The molecule has 0 aromatic rings. The molecule has 0 saturated carbocycles. The second-order valence-corrected chi connectivity index (χ2v) is 8.45. The van der Waals surface area contributed by atoms with Gasteiger partial charge in [-0.2, -0.15) is 0 Å². The maximum absolute atomic E-state index is 12.1. The smallest absolute Gasteiger partial charge is 0.223 e. The van der Waals surface area contributed by atoms with Gasteiger partial charge in [-0.3, -0.25) is 9.59 Å². The monoisotopic (exact) mass is 283 g/mol. The summed E-state index contributed by atoms with van der Waals surface area (Å²) in [5.74, 6) is 0.243. The molecule has 0 radical (unpaired) electrons. The van der Waals surface area contributed by atoms with Crippen LogP contribution in [0.4, 0.5) is 0 Å². The predicted molar refractivity (Wildman–Crippen MR) is 84.6 cm³/mol. The van der Waals surface area contributed by atoms with Crippen LogP contribution in [0.1, 0.15) is 67.7 Å².